The zero-order valence-electron chi connectivity index (χ0n) is 11.4. The summed E-state index contributed by atoms with van der Waals surface area (Å²) >= 11 is 0. The lowest BCUT2D eigenvalue weighted by atomic mass is 9.96. The van der Waals surface area contributed by atoms with E-state index in [2.05, 4.69) is 17.6 Å². The van der Waals surface area contributed by atoms with E-state index in [9.17, 15) is 9.59 Å². The van der Waals surface area contributed by atoms with Crippen molar-refractivity contribution in [3.8, 4) is 0 Å². The van der Waals surface area contributed by atoms with Crippen molar-refractivity contribution in [2.24, 2.45) is 23.7 Å². The Hall–Kier alpha value is -1.26. The molecule has 1 fully saturated rings. The lowest BCUT2D eigenvalue weighted by Gasteiger charge is -2.17. The average molecular weight is 256 g/mol. The largest absolute Gasteiger partial charge is 0.481 e. The van der Waals surface area contributed by atoms with E-state index >= 15 is 0 Å². The molecule has 0 bridgehead atoms. The lowest BCUT2D eigenvalue weighted by molar-refractivity contribution is -0.142. The predicted octanol–water partition coefficient (Wildman–Crippen LogP) is 1.69. The highest BCUT2D eigenvalue weighted by Gasteiger charge is 2.28. The highest BCUT2D eigenvalue weighted by atomic mass is 16.4. The Bertz CT molecular complexity index is 301. The van der Waals surface area contributed by atoms with Gasteiger partial charge in [0.2, 0.25) is 0 Å². The van der Waals surface area contributed by atoms with Crippen LogP contribution in [0.3, 0.4) is 0 Å². The molecule has 2 unspecified atom stereocenters. The molecule has 0 aliphatic heterocycles. The van der Waals surface area contributed by atoms with Crippen molar-refractivity contribution >= 4 is 12.0 Å². The van der Waals surface area contributed by atoms with Crippen LogP contribution in [0.1, 0.15) is 33.6 Å². The Balaban J connectivity index is 2.20. The third-order valence-corrected chi connectivity index (χ3v) is 3.62. The molecule has 0 aromatic heterocycles. The van der Waals surface area contributed by atoms with Crippen molar-refractivity contribution in [2.45, 2.75) is 33.6 Å². The molecule has 0 spiro atoms. The number of hydrogen-bond acceptors (Lipinski definition) is 2. The van der Waals surface area contributed by atoms with E-state index in [1.54, 1.807) is 0 Å². The van der Waals surface area contributed by atoms with E-state index in [0.29, 0.717) is 12.5 Å². The topological polar surface area (TPSA) is 78.4 Å². The number of nitrogens with one attached hydrogen (secondary N) is 2. The quantitative estimate of drug-likeness (QED) is 0.648. The standard InChI is InChI=1S/C13H24N2O3/c1-8(2)11(12(16)17)7-15-13(18)14-6-9(3)10-4-5-10/h8-11H,4-7H2,1-3H3,(H,16,17)(H2,14,15,18). The normalized spacial score (nSPS) is 18.2. The molecule has 0 radical (unpaired) electrons. The summed E-state index contributed by atoms with van der Waals surface area (Å²) in [6.45, 7) is 6.65. The molecule has 1 aliphatic rings. The van der Waals surface area contributed by atoms with Gasteiger partial charge in [0, 0.05) is 13.1 Å². The van der Waals surface area contributed by atoms with Gasteiger partial charge in [-0.05, 0) is 30.6 Å². The van der Waals surface area contributed by atoms with Crippen LogP contribution < -0.4 is 10.6 Å². The van der Waals surface area contributed by atoms with Crippen LogP contribution in [-0.4, -0.2) is 30.2 Å². The second kappa shape index (κ2) is 6.61. The minimum atomic E-state index is -0.864. The van der Waals surface area contributed by atoms with Gasteiger partial charge in [0.05, 0.1) is 5.92 Å². The Kier molecular flexibility index (Phi) is 5.44. The zero-order chi connectivity index (χ0) is 13.7. The van der Waals surface area contributed by atoms with Gasteiger partial charge in [-0.2, -0.15) is 0 Å². The molecule has 0 aromatic rings. The van der Waals surface area contributed by atoms with Crippen molar-refractivity contribution in [1.29, 1.82) is 0 Å². The first-order valence-corrected chi connectivity index (χ1v) is 6.66. The van der Waals surface area contributed by atoms with E-state index in [-0.39, 0.29) is 18.5 Å². The first-order chi connectivity index (χ1) is 8.41. The summed E-state index contributed by atoms with van der Waals surface area (Å²) in [6, 6.07) is -0.269. The van der Waals surface area contributed by atoms with E-state index < -0.39 is 11.9 Å². The predicted molar refractivity (Wildman–Crippen MR) is 69.3 cm³/mol. The van der Waals surface area contributed by atoms with Crippen LogP contribution in [0.4, 0.5) is 4.79 Å². The molecule has 2 amide bonds. The number of rotatable bonds is 7. The molecule has 18 heavy (non-hydrogen) atoms. The average Bonchev–Trinajstić information content (AvgIpc) is 3.08. The number of amides is 2. The number of aliphatic carboxylic acids is 1. The molecule has 0 aromatic carbocycles. The first kappa shape index (κ1) is 14.8. The third kappa shape index (κ3) is 4.94. The fourth-order valence-corrected chi connectivity index (χ4v) is 1.96. The maximum atomic E-state index is 11.5. The maximum absolute atomic E-state index is 11.5. The maximum Gasteiger partial charge on any atom is 0.314 e. The van der Waals surface area contributed by atoms with Crippen LogP contribution in [0.15, 0.2) is 0 Å². The monoisotopic (exact) mass is 256 g/mol. The molecule has 104 valence electrons. The Morgan fingerprint density at radius 2 is 1.72 bits per heavy atom. The SMILES string of the molecule is CC(C)C(CNC(=O)NCC(C)C1CC1)C(=O)O. The fourth-order valence-electron chi connectivity index (χ4n) is 1.96. The molecular formula is C13H24N2O3. The fraction of sp³-hybridized carbons (Fsp3) is 0.846. The number of carboxylic acids is 1. The molecule has 3 N–H and O–H groups in total. The van der Waals surface area contributed by atoms with E-state index in [1.165, 1.54) is 12.8 Å². The summed E-state index contributed by atoms with van der Waals surface area (Å²) in [4.78, 5) is 22.5. The number of urea groups is 1. The van der Waals surface area contributed by atoms with Gasteiger partial charge in [-0.3, -0.25) is 4.79 Å². The van der Waals surface area contributed by atoms with Crippen molar-refractivity contribution < 1.29 is 14.7 Å². The van der Waals surface area contributed by atoms with E-state index in [0.717, 1.165) is 5.92 Å². The molecule has 5 nitrogen and oxygen atoms in total. The van der Waals surface area contributed by atoms with E-state index in [1.807, 2.05) is 13.8 Å². The second-order valence-electron chi connectivity index (χ2n) is 5.59. The molecule has 0 heterocycles. The Labute approximate surface area is 108 Å². The van der Waals surface area contributed by atoms with Gasteiger partial charge < -0.3 is 15.7 Å². The molecule has 1 rings (SSSR count). The zero-order valence-corrected chi connectivity index (χ0v) is 11.4. The smallest absolute Gasteiger partial charge is 0.314 e. The van der Waals surface area contributed by atoms with Crippen molar-refractivity contribution in [1.82, 2.24) is 10.6 Å². The summed E-state index contributed by atoms with van der Waals surface area (Å²) in [6.07, 6.45) is 2.53. The van der Waals surface area contributed by atoms with Crippen LogP contribution in [0.5, 0.6) is 0 Å². The third-order valence-electron chi connectivity index (χ3n) is 3.62. The van der Waals surface area contributed by atoms with Crippen LogP contribution in [0.2, 0.25) is 0 Å². The van der Waals surface area contributed by atoms with Crippen LogP contribution in [0.25, 0.3) is 0 Å². The minimum Gasteiger partial charge on any atom is -0.481 e. The summed E-state index contributed by atoms with van der Waals surface area (Å²) in [5.41, 5.74) is 0. The summed E-state index contributed by atoms with van der Waals surface area (Å²) in [5.74, 6) is -0.120. The number of carboxylic acid groups (broad SMARTS) is 1. The number of carbonyl (C=O) groups is 2. The highest BCUT2D eigenvalue weighted by molar-refractivity contribution is 5.75. The van der Waals surface area contributed by atoms with Gasteiger partial charge in [-0.1, -0.05) is 20.8 Å². The van der Waals surface area contributed by atoms with Gasteiger partial charge in [0.15, 0.2) is 0 Å². The van der Waals surface area contributed by atoms with Crippen molar-refractivity contribution in [3.63, 3.8) is 0 Å². The Morgan fingerprint density at radius 1 is 1.17 bits per heavy atom. The van der Waals surface area contributed by atoms with Gasteiger partial charge in [-0.25, -0.2) is 4.79 Å². The van der Waals surface area contributed by atoms with Gasteiger partial charge in [0.1, 0.15) is 0 Å². The van der Waals surface area contributed by atoms with Gasteiger partial charge in [-0.15, -0.1) is 0 Å². The van der Waals surface area contributed by atoms with Crippen molar-refractivity contribution in [2.75, 3.05) is 13.1 Å². The first-order valence-electron chi connectivity index (χ1n) is 6.66. The minimum absolute atomic E-state index is 0.00758. The molecule has 1 saturated carbocycles. The molecule has 5 heteroatoms. The van der Waals surface area contributed by atoms with Crippen LogP contribution >= 0.6 is 0 Å². The van der Waals surface area contributed by atoms with Gasteiger partial charge in [0.25, 0.3) is 0 Å². The van der Waals surface area contributed by atoms with Crippen molar-refractivity contribution in [3.05, 3.63) is 0 Å². The molecular weight excluding hydrogens is 232 g/mol. The van der Waals surface area contributed by atoms with Crippen LogP contribution in [-0.2, 0) is 4.79 Å². The summed E-state index contributed by atoms with van der Waals surface area (Å²) in [7, 11) is 0. The summed E-state index contributed by atoms with van der Waals surface area (Å²) in [5, 5.41) is 14.4. The number of carbonyl (C=O) groups excluding carboxylic acids is 1. The molecule has 0 saturated heterocycles. The van der Waals surface area contributed by atoms with Gasteiger partial charge >= 0.3 is 12.0 Å². The molecule has 1 aliphatic carbocycles. The lowest BCUT2D eigenvalue weighted by Crippen LogP contribution is -2.42. The number of hydrogen-bond donors (Lipinski definition) is 3. The highest BCUT2D eigenvalue weighted by Crippen LogP contribution is 2.35. The summed E-state index contributed by atoms with van der Waals surface area (Å²) < 4.78 is 0. The Morgan fingerprint density at radius 3 is 2.17 bits per heavy atom. The van der Waals surface area contributed by atoms with Crippen LogP contribution in [0, 0.1) is 23.7 Å². The molecule has 2 atom stereocenters. The second-order valence-corrected chi connectivity index (χ2v) is 5.59. The van der Waals surface area contributed by atoms with E-state index in [4.69, 9.17) is 5.11 Å².